The lowest BCUT2D eigenvalue weighted by Gasteiger charge is -2.26. The fourth-order valence-electron chi connectivity index (χ4n) is 0.808. The van der Waals surface area contributed by atoms with Gasteiger partial charge in [-0.3, -0.25) is 0 Å². The Balaban J connectivity index is 2.77. The largest absolute Gasteiger partial charge is 0.450 e. The molecule has 0 amide bonds. The molecule has 0 N–H and O–H groups in total. The van der Waals surface area contributed by atoms with Gasteiger partial charge in [-0.2, -0.15) is 0 Å². The third kappa shape index (κ3) is 3.37. The Morgan fingerprint density at radius 1 is 1.25 bits per heavy atom. The van der Waals surface area contributed by atoms with Gasteiger partial charge in [-0.15, -0.1) is 10.3 Å². The molecule has 0 unspecified atom stereocenters. The van der Waals surface area contributed by atoms with E-state index in [-0.39, 0.29) is 0 Å². The van der Waals surface area contributed by atoms with Gasteiger partial charge in [0.2, 0.25) is 0 Å². The normalized spacial score (nSPS) is 12.7. The van der Waals surface area contributed by atoms with E-state index < -0.39 is 10.3 Å². The van der Waals surface area contributed by atoms with Gasteiger partial charge in [-0.1, -0.05) is 17.7 Å². The molecule has 0 fully saturated rings. The van der Waals surface area contributed by atoms with Crippen molar-refractivity contribution in [2.75, 3.05) is 18.8 Å². The van der Waals surface area contributed by atoms with Crippen molar-refractivity contribution < 1.29 is 4.18 Å². The molecule has 0 spiro atoms. The maximum Gasteiger partial charge on any atom is 0.136 e. The summed E-state index contributed by atoms with van der Waals surface area (Å²) in [7, 11) is -0.953. The molecule has 0 atom stereocenters. The van der Waals surface area contributed by atoms with E-state index in [1.807, 2.05) is 24.3 Å². The van der Waals surface area contributed by atoms with Gasteiger partial charge in [0, 0.05) is 11.1 Å². The summed E-state index contributed by atoms with van der Waals surface area (Å²) in [5.74, 6) is 0.852. The van der Waals surface area contributed by atoms with E-state index in [2.05, 4.69) is 18.8 Å². The number of halogens is 1. The second-order valence-corrected chi connectivity index (χ2v) is 7.32. The molecule has 0 bridgehead atoms. The van der Waals surface area contributed by atoms with Gasteiger partial charge in [-0.05, 0) is 30.9 Å². The fraction of sp³-hybridized carbons (Fsp3) is 0.333. The second-order valence-electron chi connectivity index (χ2n) is 3.27. The van der Waals surface area contributed by atoms with Gasteiger partial charge in [0.25, 0.3) is 0 Å². The Bertz CT molecular complexity index is 267. The molecule has 0 radical (unpaired) electrons. The Morgan fingerprint density at radius 3 is 2.42 bits per heavy atom. The highest BCUT2D eigenvalue weighted by molar-refractivity contribution is 8.28. The third-order valence-electron chi connectivity index (χ3n) is 1.14. The summed E-state index contributed by atoms with van der Waals surface area (Å²) < 4.78 is 5.68. The molecular weight excluding hydrogens is 192 g/mol. The maximum atomic E-state index is 5.80. The predicted molar refractivity (Wildman–Crippen MR) is 57.4 cm³/mol. The summed E-state index contributed by atoms with van der Waals surface area (Å²) in [6.07, 6.45) is 6.27. The van der Waals surface area contributed by atoms with Crippen LogP contribution in [0.4, 0.5) is 0 Å². The standard InChI is InChI=1S/C9H13ClOS/c1-12(2,3)11-9-6-4-5-8(10)7-9/h4-7H,1-3H3. The van der Waals surface area contributed by atoms with Crippen LogP contribution in [0.1, 0.15) is 0 Å². The van der Waals surface area contributed by atoms with E-state index in [0.29, 0.717) is 0 Å². The molecule has 0 aliphatic rings. The molecule has 0 saturated carbocycles. The molecule has 1 rings (SSSR count). The van der Waals surface area contributed by atoms with E-state index in [4.69, 9.17) is 15.8 Å². The minimum Gasteiger partial charge on any atom is -0.450 e. The van der Waals surface area contributed by atoms with Crippen LogP contribution in [-0.2, 0) is 0 Å². The molecule has 1 aromatic rings. The molecule has 1 aromatic carbocycles. The first-order valence-corrected chi connectivity index (χ1v) is 6.77. The van der Waals surface area contributed by atoms with Gasteiger partial charge >= 0.3 is 0 Å². The van der Waals surface area contributed by atoms with Gasteiger partial charge < -0.3 is 4.18 Å². The van der Waals surface area contributed by atoms with Crippen LogP contribution in [0.15, 0.2) is 24.3 Å². The lowest BCUT2D eigenvalue weighted by Crippen LogP contribution is -2.00. The van der Waals surface area contributed by atoms with Crippen molar-refractivity contribution in [2.24, 2.45) is 0 Å². The van der Waals surface area contributed by atoms with Crippen molar-refractivity contribution >= 4 is 21.9 Å². The highest BCUT2D eigenvalue weighted by atomic mass is 35.5. The van der Waals surface area contributed by atoms with Crippen LogP contribution >= 0.6 is 21.9 Å². The zero-order valence-corrected chi connectivity index (χ0v) is 9.08. The SMILES string of the molecule is CS(C)(C)Oc1cccc(Cl)c1. The third-order valence-corrected chi connectivity index (χ3v) is 2.07. The van der Waals surface area contributed by atoms with Crippen molar-refractivity contribution in [1.29, 1.82) is 0 Å². The highest BCUT2D eigenvalue weighted by Crippen LogP contribution is 2.37. The van der Waals surface area contributed by atoms with Crippen molar-refractivity contribution in [2.45, 2.75) is 0 Å². The molecule has 0 heterocycles. The summed E-state index contributed by atoms with van der Waals surface area (Å²) >= 11 is 5.80. The van der Waals surface area contributed by atoms with Gasteiger partial charge in [0.15, 0.2) is 0 Å². The highest BCUT2D eigenvalue weighted by Gasteiger charge is 2.05. The minimum absolute atomic E-state index is 0.719. The van der Waals surface area contributed by atoms with Gasteiger partial charge in [-0.25, -0.2) is 0 Å². The molecule has 68 valence electrons. The monoisotopic (exact) mass is 204 g/mol. The van der Waals surface area contributed by atoms with Crippen molar-refractivity contribution in [3.05, 3.63) is 29.3 Å². The van der Waals surface area contributed by atoms with Crippen LogP contribution in [0.5, 0.6) is 5.75 Å². The van der Waals surface area contributed by atoms with Crippen molar-refractivity contribution in [1.82, 2.24) is 0 Å². The van der Waals surface area contributed by atoms with E-state index in [9.17, 15) is 0 Å². The molecule has 0 aliphatic carbocycles. The zero-order valence-electron chi connectivity index (χ0n) is 7.50. The zero-order chi connectivity index (χ0) is 9.19. The topological polar surface area (TPSA) is 9.23 Å². The van der Waals surface area contributed by atoms with Crippen LogP contribution in [-0.4, -0.2) is 18.8 Å². The average Bonchev–Trinajstić information content (AvgIpc) is 1.82. The van der Waals surface area contributed by atoms with E-state index >= 15 is 0 Å². The number of hydrogen-bond donors (Lipinski definition) is 0. The minimum atomic E-state index is -0.953. The lowest BCUT2D eigenvalue weighted by atomic mass is 10.3. The molecule has 12 heavy (non-hydrogen) atoms. The quantitative estimate of drug-likeness (QED) is 0.718. The first kappa shape index (κ1) is 9.75. The second kappa shape index (κ2) is 3.58. The van der Waals surface area contributed by atoms with Gasteiger partial charge in [0.05, 0.1) is 0 Å². The van der Waals surface area contributed by atoms with Crippen molar-refractivity contribution in [3.63, 3.8) is 0 Å². The van der Waals surface area contributed by atoms with Crippen LogP contribution in [0.3, 0.4) is 0 Å². The predicted octanol–water partition coefficient (Wildman–Crippen LogP) is 3.33. The summed E-state index contributed by atoms with van der Waals surface area (Å²) in [6, 6.07) is 7.49. The number of benzene rings is 1. The first-order valence-electron chi connectivity index (χ1n) is 3.61. The Hall–Kier alpha value is -0.340. The Kier molecular flexibility index (Phi) is 2.91. The number of rotatable bonds is 2. The Morgan fingerprint density at radius 2 is 1.92 bits per heavy atom. The average molecular weight is 205 g/mol. The molecule has 0 aliphatic heterocycles. The van der Waals surface area contributed by atoms with E-state index in [1.165, 1.54) is 0 Å². The smallest absolute Gasteiger partial charge is 0.136 e. The summed E-state index contributed by atoms with van der Waals surface area (Å²) in [5, 5.41) is 0.719. The molecule has 0 saturated heterocycles. The first-order chi connectivity index (χ1) is 5.47. The number of hydrogen-bond acceptors (Lipinski definition) is 1. The summed E-state index contributed by atoms with van der Waals surface area (Å²) in [4.78, 5) is 0. The van der Waals surface area contributed by atoms with Crippen molar-refractivity contribution in [3.8, 4) is 5.75 Å². The van der Waals surface area contributed by atoms with Crippen LogP contribution in [0.25, 0.3) is 0 Å². The lowest BCUT2D eigenvalue weighted by molar-refractivity contribution is 0.629. The molecular formula is C9H13ClOS. The molecule has 0 aromatic heterocycles. The fourth-order valence-corrected chi connectivity index (χ4v) is 1.67. The summed E-state index contributed by atoms with van der Waals surface area (Å²) in [5.41, 5.74) is 0. The van der Waals surface area contributed by atoms with E-state index in [1.54, 1.807) is 0 Å². The Labute approximate surface area is 80.2 Å². The maximum absolute atomic E-state index is 5.80. The van der Waals surface area contributed by atoms with Gasteiger partial charge in [0.1, 0.15) is 5.75 Å². The van der Waals surface area contributed by atoms with Crippen LogP contribution in [0, 0.1) is 0 Å². The molecule has 3 heteroatoms. The summed E-state index contributed by atoms with van der Waals surface area (Å²) in [6.45, 7) is 0. The van der Waals surface area contributed by atoms with Crippen LogP contribution in [0.2, 0.25) is 5.02 Å². The van der Waals surface area contributed by atoms with E-state index in [0.717, 1.165) is 10.8 Å². The van der Waals surface area contributed by atoms with Crippen LogP contribution < -0.4 is 4.18 Å². The molecule has 1 nitrogen and oxygen atoms in total.